The fraction of sp³-hybridized carbons (Fsp3) is 0.746. The summed E-state index contributed by atoms with van der Waals surface area (Å²) in [5.74, 6) is -0.553. The Morgan fingerprint density at radius 1 is 0.444 bits per heavy atom. The van der Waals surface area contributed by atoms with E-state index >= 15 is 0 Å². The molecule has 0 rings (SSSR count). The Labute approximate surface area is 500 Å². The van der Waals surface area contributed by atoms with Crippen LogP contribution in [-0.2, 0) is 27.9 Å². The number of nitrogens with one attached hydrogen (secondary N) is 1. The number of quaternary nitrogens is 1. The molecule has 0 heterocycles. The zero-order chi connectivity index (χ0) is 59.3. The number of amides is 1. The number of allylic oxidation sites excluding steroid dienone is 15. The second-order valence-electron chi connectivity index (χ2n) is 23.8. The van der Waals surface area contributed by atoms with Crippen LogP contribution in [-0.4, -0.2) is 74.3 Å². The molecule has 0 spiro atoms. The summed E-state index contributed by atoms with van der Waals surface area (Å²) in [6.07, 6.45) is 81.4. The third-order valence-corrected chi connectivity index (χ3v) is 15.7. The Bertz CT molecular complexity index is 1710. The van der Waals surface area contributed by atoms with Gasteiger partial charge in [0.15, 0.2) is 0 Å². The summed E-state index contributed by atoms with van der Waals surface area (Å²) >= 11 is 0. The van der Waals surface area contributed by atoms with Crippen molar-refractivity contribution in [3.8, 4) is 0 Å². The van der Waals surface area contributed by atoms with Crippen LogP contribution in [0.1, 0.15) is 290 Å². The molecule has 3 unspecified atom stereocenters. The molecule has 0 saturated heterocycles. The van der Waals surface area contributed by atoms with Crippen LogP contribution in [0.15, 0.2) is 97.2 Å². The second-order valence-corrected chi connectivity index (χ2v) is 25.2. The van der Waals surface area contributed by atoms with Crippen LogP contribution in [0.5, 0.6) is 0 Å². The predicted molar refractivity (Wildman–Crippen MR) is 350 cm³/mol. The van der Waals surface area contributed by atoms with E-state index in [4.69, 9.17) is 13.8 Å². The predicted octanol–water partition coefficient (Wildman–Crippen LogP) is 21.1. The van der Waals surface area contributed by atoms with E-state index in [-0.39, 0.29) is 37.9 Å². The Morgan fingerprint density at radius 2 is 0.802 bits per heavy atom. The average molecular weight is 1150 g/mol. The lowest BCUT2D eigenvalue weighted by atomic mass is 10.0. The van der Waals surface area contributed by atoms with Crippen molar-refractivity contribution in [2.75, 3.05) is 40.9 Å². The number of hydrogen-bond donors (Lipinski definition) is 2. The van der Waals surface area contributed by atoms with Gasteiger partial charge in [-0.2, -0.15) is 0 Å². The minimum Gasteiger partial charge on any atom is -0.456 e. The molecule has 0 saturated carbocycles. The molecule has 3 atom stereocenters. The molecule has 0 bridgehead atoms. The number of phosphoric ester groups is 1. The number of carbonyl (C=O) groups is 2. The van der Waals surface area contributed by atoms with Crippen molar-refractivity contribution in [2.45, 2.75) is 303 Å². The van der Waals surface area contributed by atoms with Crippen molar-refractivity contribution in [3.05, 3.63) is 97.2 Å². The Kier molecular flexibility index (Phi) is 57.8. The van der Waals surface area contributed by atoms with Crippen LogP contribution in [0.25, 0.3) is 0 Å². The normalized spacial score (nSPS) is 14.2. The molecule has 2 N–H and O–H groups in total. The highest BCUT2D eigenvalue weighted by Crippen LogP contribution is 2.43. The van der Waals surface area contributed by atoms with E-state index in [0.717, 1.165) is 64.2 Å². The summed E-state index contributed by atoms with van der Waals surface area (Å²) in [5, 5.41) is 3.04. The molecule has 1 amide bonds. The summed E-state index contributed by atoms with van der Waals surface area (Å²) in [6, 6.07) is -0.877. The van der Waals surface area contributed by atoms with Gasteiger partial charge in [0, 0.05) is 12.8 Å². The van der Waals surface area contributed by atoms with Gasteiger partial charge >= 0.3 is 13.8 Å². The van der Waals surface area contributed by atoms with Crippen molar-refractivity contribution in [3.63, 3.8) is 0 Å². The standard InChI is InChI=1S/C71H127N2O7P/c1-7-10-13-16-19-22-25-28-30-32-33-34-35-36-37-38-39-41-43-46-49-52-55-58-61-64-71(75)80-69(62-59-56-53-50-47-44-27-24-21-18-15-12-9-3)68(67-79-81(76,77)78-66-65-73(4,5)6)72-70(74)63-60-57-54-51-48-45-42-40-31-29-26-23-20-17-14-11-8-2/h11,14,17,20,23,26,28-31,40,42,45,48,59,62,68-69H,7-10,12-13,15-16,18-19,21-22,24-25,27,32-39,41,43-44,46-47,49-58,60-61,63-67H2,1-6H3,(H-,72,74,76,77)/p+1/b14-11-,20-17+,26-23+,30-28+,31-29-,42-40+,48-45+,62-59-. The highest BCUT2D eigenvalue weighted by Gasteiger charge is 2.30. The minimum atomic E-state index is -4.47. The second kappa shape index (κ2) is 60.1. The van der Waals surface area contributed by atoms with Gasteiger partial charge in [0.25, 0.3) is 0 Å². The molecule has 0 aliphatic rings. The summed E-state index contributed by atoms with van der Waals surface area (Å²) in [7, 11) is 1.46. The van der Waals surface area contributed by atoms with E-state index in [0.29, 0.717) is 17.4 Å². The largest absolute Gasteiger partial charge is 0.472 e. The molecule has 468 valence electrons. The van der Waals surface area contributed by atoms with Crippen LogP contribution >= 0.6 is 7.82 Å². The van der Waals surface area contributed by atoms with Crippen molar-refractivity contribution < 1.29 is 37.3 Å². The van der Waals surface area contributed by atoms with E-state index in [1.807, 2.05) is 94.1 Å². The number of likely N-dealkylation sites (N-methyl/N-ethyl adjacent to an activating group) is 1. The van der Waals surface area contributed by atoms with Crippen molar-refractivity contribution in [2.24, 2.45) is 0 Å². The lowest BCUT2D eigenvalue weighted by molar-refractivity contribution is -0.870. The highest BCUT2D eigenvalue weighted by atomic mass is 31.2. The third kappa shape index (κ3) is 61.3. The highest BCUT2D eigenvalue weighted by molar-refractivity contribution is 7.47. The van der Waals surface area contributed by atoms with Crippen LogP contribution in [0.3, 0.4) is 0 Å². The number of unbranched alkanes of at least 4 members (excludes halogenated alkanes) is 35. The number of rotatable bonds is 60. The first kappa shape index (κ1) is 77.9. The number of hydrogen-bond acceptors (Lipinski definition) is 6. The molecule has 0 radical (unpaired) electrons. The van der Waals surface area contributed by atoms with E-state index in [1.165, 1.54) is 186 Å². The van der Waals surface area contributed by atoms with Gasteiger partial charge in [0.05, 0.1) is 33.8 Å². The summed E-state index contributed by atoms with van der Waals surface area (Å²) < 4.78 is 30.7. The number of nitrogens with zero attached hydrogens (tertiary/aromatic N) is 1. The Balaban J connectivity index is 5.19. The monoisotopic (exact) mass is 1150 g/mol. The van der Waals surface area contributed by atoms with Gasteiger partial charge in [-0.15, -0.1) is 0 Å². The van der Waals surface area contributed by atoms with Crippen molar-refractivity contribution in [1.29, 1.82) is 0 Å². The molecular weight excluding hydrogens is 1020 g/mol. The first-order valence-electron chi connectivity index (χ1n) is 33.6. The SMILES string of the molecule is CC\C=C/C=C/C=C/C=C\C=C\C=C\CCCCCC(=O)NC(COP(=O)(O)OCC[N+](C)(C)C)C(/C=C\CCCCCCCCCCCCC)OC(=O)CCCCCCCCCCCCCCCCC/C=C/CCCCCCCC. The van der Waals surface area contributed by atoms with Gasteiger partial charge in [0.2, 0.25) is 5.91 Å². The quantitative estimate of drug-likeness (QED) is 0.0156. The fourth-order valence-corrected chi connectivity index (χ4v) is 10.2. The molecular formula is C71H128N2O7P+. The smallest absolute Gasteiger partial charge is 0.456 e. The molecule has 9 nitrogen and oxygen atoms in total. The third-order valence-electron chi connectivity index (χ3n) is 14.7. The zero-order valence-electron chi connectivity index (χ0n) is 53.5. The maximum atomic E-state index is 13.6. The lowest BCUT2D eigenvalue weighted by Crippen LogP contribution is -2.47. The molecule has 0 aliphatic carbocycles. The van der Waals surface area contributed by atoms with Crippen molar-refractivity contribution >= 4 is 19.7 Å². The van der Waals surface area contributed by atoms with Gasteiger partial charge in [-0.05, 0) is 76.7 Å². The number of esters is 1. The topological polar surface area (TPSA) is 111 Å². The van der Waals surface area contributed by atoms with Gasteiger partial charge in [-0.3, -0.25) is 18.6 Å². The van der Waals surface area contributed by atoms with Crippen LogP contribution < -0.4 is 5.32 Å². The van der Waals surface area contributed by atoms with Gasteiger partial charge < -0.3 is 19.4 Å². The van der Waals surface area contributed by atoms with E-state index in [1.54, 1.807) is 0 Å². The lowest BCUT2D eigenvalue weighted by Gasteiger charge is -2.27. The first-order chi connectivity index (χ1) is 39.4. The van der Waals surface area contributed by atoms with Crippen molar-refractivity contribution in [1.82, 2.24) is 5.32 Å². The molecule has 0 aromatic rings. The first-order valence-corrected chi connectivity index (χ1v) is 35.1. The summed E-state index contributed by atoms with van der Waals surface area (Å²) in [4.78, 5) is 37.8. The molecule has 0 fully saturated rings. The van der Waals surface area contributed by atoms with Crippen LogP contribution in [0.4, 0.5) is 0 Å². The van der Waals surface area contributed by atoms with Crippen LogP contribution in [0, 0.1) is 0 Å². The summed E-state index contributed by atoms with van der Waals surface area (Å²) in [5.41, 5.74) is 0. The van der Waals surface area contributed by atoms with Gasteiger partial charge in [-0.25, -0.2) is 4.57 Å². The number of ether oxygens (including phenoxy) is 1. The average Bonchev–Trinajstić information content (AvgIpc) is 3.44. The molecule has 0 aromatic carbocycles. The molecule has 10 heteroatoms. The van der Waals surface area contributed by atoms with E-state index in [9.17, 15) is 19.0 Å². The maximum absolute atomic E-state index is 13.6. The molecule has 0 aliphatic heterocycles. The van der Waals surface area contributed by atoms with Gasteiger partial charge in [-0.1, -0.05) is 298 Å². The maximum Gasteiger partial charge on any atom is 0.472 e. The van der Waals surface area contributed by atoms with Crippen LogP contribution in [0.2, 0.25) is 0 Å². The van der Waals surface area contributed by atoms with Gasteiger partial charge in [0.1, 0.15) is 19.3 Å². The molecule has 0 aromatic heterocycles. The van der Waals surface area contributed by atoms with E-state index < -0.39 is 20.0 Å². The Hall–Kier alpha value is -3.07. The Morgan fingerprint density at radius 3 is 1.23 bits per heavy atom. The molecule has 81 heavy (non-hydrogen) atoms. The fourth-order valence-electron chi connectivity index (χ4n) is 9.50. The minimum absolute atomic E-state index is 0.0274. The van der Waals surface area contributed by atoms with E-state index in [2.05, 4.69) is 50.4 Å². The summed E-state index contributed by atoms with van der Waals surface area (Å²) in [6.45, 7) is 6.84. The number of carbonyl (C=O) groups excluding carboxylic acids is 2. The number of phosphoric acid groups is 1. The zero-order valence-corrected chi connectivity index (χ0v) is 54.4.